The predicted octanol–water partition coefficient (Wildman–Crippen LogP) is 7.97. The number of rotatable bonds is 5. The van der Waals surface area contributed by atoms with E-state index in [1.54, 1.807) is 23.5 Å². The van der Waals surface area contributed by atoms with Gasteiger partial charge >= 0.3 is 0 Å². The third-order valence-corrected chi connectivity index (χ3v) is 6.61. The summed E-state index contributed by atoms with van der Waals surface area (Å²) in [5.41, 5.74) is 0.485. The molecule has 0 saturated heterocycles. The number of nitrogens with zero attached hydrogens (tertiary/aromatic N) is 1. The molecule has 2 aromatic carbocycles. The standard InChI is InChI=1S/C23H18F3NS2/c24-19-10-15(22-8-6-17(29-22)9-14-3-1-2-4-14)5-7-18(19)16-11-20(25)23(27-13-28)21(26)12-16/h5-8,10-12,14H,1-4,9H2. The molecule has 1 aliphatic carbocycles. The number of aliphatic imine (C=N–C) groups is 1. The Morgan fingerprint density at radius 3 is 2.28 bits per heavy atom. The van der Waals surface area contributed by atoms with Crippen molar-refractivity contribution in [3.63, 3.8) is 0 Å². The summed E-state index contributed by atoms with van der Waals surface area (Å²) in [5.74, 6) is -1.58. The summed E-state index contributed by atoms with van der Waals surface area (Å²) >= 11 is 6.07. The Bertz CT molecular complexity index is 1070. The second-order valence-electron chi connectivity index (χ2n) is 7.31. The van der Waals surface area contributed by atoms with Gasteiger partial charge in [-0.05, 0) is 66.0 Å². The number of thiocarbonyl (C=S) groups is 1. The molecule has 148 valence electrons. The van der Waals surface area contributed by atoms with Gasteiger partial charge in [0.05, 0.1) is 5.16 Å². The maximum atomic E-state index is 14.8. The van der Waals surface area contributed by atoms with E-state index in [4.69, 9.17) is 0 Å². The second-order valence-corrected chi connectivity index (χ2v) is 8.66. The average molecular weight is 430 g/mol. The molecule has 4 rings (SSSR count). The Hall–Kier alpha value is -2.27. The fourth-order valence-electron chi connectivity index (χ4n) is 3.92. The van der Waals surface area contributed by atoms with Crippen molar-refractivity contribution in [3.8, 4) is 21.6 Å². The first kappa shape index (κ1) is 20.0. The Labute approximate surface area is 176 Å². The van der Waals surface area contributed by atoms with Crippen LogP contribution in [0, 0.1) is 23.4 Å². The molecule has 0 amide bonds. The van der Waals surface area contributed by atoms with Crippen molar-refractivity contribution in [2.24, 2.45) is 10.9 Å². The molecule has 0 radical (unpaired) electrons. The Morgan fingerprint density at radius 1 is 0.931 bits per heavy atom. The van der Waals surface area contributed by atoms with Crippen LogP contribution < -0.4 is 0 Å². The maximum Gasteiger partial charge on any atom is 0.153 e. The van der Waals surface area contributed by atoms with E-state index in [9.17, 15) is 13.2 Å². The molecule has 3 aromatic rings. The minimum Gasteiger partial charge on any atom is -0.206 e. The molecule has 0 spiro atoms. The third kappa shape index (κ3) is 4.35. The summed E-state index contributed by atoms with van der Waals surface area (Å²) in [7, 11) is 0. The van der Waals surface area contributed by atoms with Crippen molar-refractivity contribution in [2.45, 2.75) is 32.1 Å². The Morgan fingerprint density at radius 2 is 1.62 bits per heavy atom. The van der Waals surface area contributed by atoms with Crippen LogP contribution in [0.4, 0.5) is 18.9 Å². The van der Waals surface area contributed by atoms with Gasteiger partial charge in [0.1, 0.15) is 11.5 Å². The molecule has 0 N–H and O–H groups in total. The van der Waals surface area contributed by atoms with Crippen LogP contribution in [0.25, 0.3) is 21.6 Å². The van der Waals surface area contributed by atoms with E-state index in [1.807, 2.05) is 11.2 Å². The molecule has 1 fully saturated rings. The van der Waals surface area contributed by atoms with E-state index in [0.29, 0.717) is 0 Å². The summed E-state index contributed by atoms with van der Waals surface area (Å²) in [6, 6.07) is 11.0. The lowest BCUT2D eigenvalue weighted by Crippen LogP contribution is -1.95. The molecule has 1 heterocycles. The quantitative estimate of drug-likeness (QED) is 0.296. The highest BCUT2D eigenvalue weighted by molar-refractivity contribution is 7.78. The lowest BCUT2D eigenvalue weighted by atomic mass is 10.0. The minimum absolute atomic E-state index is 0.112. The van der Waals surface area contributed by atoms with Crippen molar-refractivity contribution in [1.82, 2.24) is 0 Å². The highest BCUT2D eigenvalue weighted by atomic mass is 32.1. The van der Waals surface area contributed by atoms with Crippen LogP contribution in [-0.2, 0) is 6.42 Å². The van der Waals surface area contributed by atoms with Crippen LogP contribution in [0.5, 0.6) is 0 Å². The number of hydrogen-bond acceptors (Lipinski definition) is 3. The van der Waals surface area contributed by atoms with E-state index in [-0.39, 0.29) is 11.1 Å². The fourth-order valence-corrected chi connectivity index (χ4v) is 5.13. The van der Waals surface area contributed by atoms with Crippen LogP contribution >= 0.6 is 23.6 Å². The van der Waals surface area contributed by atoms with Gasteiger partial charge in [-0.3, -0.25) is 0 Å². The SMILES string of the molecule is Fc1cc(-c2ccc(CC3CCCC3)s2)ccc1-c1cc(F)c(N=C=S)c(F)c1. The molecule has 0 bridgehead atoms. The highest BCUT2D eigenvalue weighted by Crippen LogP contribution is 2.36. The van der Waals surface area contributed by atoms with Crippen LogP contribution in [0.1, 0.15) is 30.6 Å². The van der Waals surface area contributed by atoms with Gasteiger partial charge in [-0.2, -0.15) is 4.99 Å². The van der Waals surface area contributed by atoms with E-state index < -0.39 is 23.1 Å². The molecule has 6 heteroatoms. The van der Waals surface area contributed by atoms with Crippen molar-refractivity contribution < 1.29 is 13.2 Å². The number of benzene rings is 2. The van der Waals surface area contributed by atoms with E-state index >= 15 is 0 Å². The molecule has 29 heavy (non-hydrogen) atoms. The van der Waals surface area contributed by atoms with Crippen molar-refractivity contribution in [2.75, 3.05) is 0 Å². The molecule has 0 unspecified atom stereocenters. The molecule has 0 aliphatic heterocycles. The first-order chi connectivity index (χ1) is 14.0. The normalized spacial score (nSPS) is 14.2. The number of hydrogen-bond donors (Lipinski definition) is 0. The van der Waals surface area contributed by atoms with Gasteiger partial charge in [-0.15, -0.1) is 11.3 Å². The van der Waals surface area contributed by atoms with Crippen LogP contribution in [0.3, 0.4) is 0 Å². The van der Waals surface area contributed by atoms with Gasteiger partial charge in [0.25, 0.3) is 0 Å². The van der Waals surface area contributed by atoms with Crippen molar-refractivity contribution in [1.29, 1.82) is 0 Å². The van der Waals surface area contributed by atoms with Gasteiger partial charge in [0, 0.05) is 15.3 Å². The lowest BCUT2D eigenvalue weighted by Gasteiger charge is -2.08. The Balaban J connectivity index is 1.60. The van der Waals surface area contributed by atoms with Crippen LogP contribution in [0.15, 0.2) is 47.5 Å². The molecule has 1 aliphatic rings. The van der Waals surface area contributed by atoms with Gasteiger partial charge in [0.2, 0.25) is 0 Å². The van der Waals surface area contributed by atoms with Crippen LogP contribution in [0.2, 0.25) is 0 Å². The van der Waals surface area contributed by atoms with Gasteiger partial charge in [-0.1, -0.05) is 37.8 Å². The molecule has 1 saturated carbocycles. The molecule has 1 nitrogen and oxygen atoms in total. The summed E-state index contributed by atoms with van der Waals surface area (Å²) in [6.45, 7) is 0. The highest BCUT2D eigenvalue weighted by Gasteiger charge is 2.17. The average Bonchev–Trinajstić information content (AvgIpc) is 3.37. The predicted molar refractivity (Wildman–Crippen MR) is 115 cm³/mol. The third-order valence-electron chi connectivity index (χ3n) is 5.37. The summed E-state index contributed by atoms with van der Waals surface area (Å²) in [6.07, 6.45) is 6.29. The molecular weight excluding hydrogens is 411 g/mol. The number of halogens is 3. The Kier molecular flexibility index (Phi) is 5.95. The zero-order valence-corrected chi connectivity index (χ0v) is 17.2. The monoisotopic (exact) mass is 429 g/mol. The van der Waals surface area contributed by atoms with Gasteiger partial charge in [0.15, 0.2) is 11.6 Å². The first-order valence-corrected chi connectivity index (χ1v) is 10.7. The summed E-state index contributed by atoms with van der Waals surface area (Å²) in [4.78, 5) is 5.69. The zero-order valence-electron chi connectivity index (χ0n) is 15.6. The second kappa shape index (κ2) is 8.62. The van der Waals surface area contributed by atoms with Crippen molar-refractivity contribution >= 4 is 34.4 Å². The summed E-state index contributed by atoms with van der Waals surface area (Å²) < 4.78 is 43.0. The smallest absolute Gasteiger partial charge is 0.153 e. The van der Waals surface area contributed by atoms with Gasteiger partial charge in [-0.25, -0.2) is 13.2 Å². The lowest BCUT2D eigenvalue weighted by molar-refractivity contribution is 0.551. The fraction of sp³-hybridized carbons (Fsp3) is 0.261. The zero-order chi connectivity index (χ0) is 20.4. The van der Waals surface area contributed by atoms with Crippen LogP contribution in [-0.4, -0.2) is 5.16 Å². The van der Waals surface area contributed by atoms with E-state index in [2.05, 4.69) is 23.3 Å². The topological polar surface area (TPSA) is 12.4 Å². The van der Waals surface area contributed by atoms with E-state index in [0.717, 1.165) is 34.9 Å². The number of isothiocyanates is 1. The first-order valence-electron chi connectivity index (χ1n) is 9.51. The van der Waals surface area contributed by atoms with Crippen molar-refractivity contribution in [3.05, 3.63) is 64.8 Å². The van der Waals surface area contributed by atoms with Gasteiger partial charge < -0.3 is 0 Å². The molecule has 0 atom stereocenters. The summed E-state index contributed by atoms with van der Waals surface area (Å²) in [5, 5.41) is 1.94. The largest absolute Gasteiger partial charge is 0.206 e. The number of thiophene rings is 1. The maximum absolute atomic E-state index is 14.8. The molecular formula is C23H18F3NS2. The minimum atomic E-state index is -0.907. The van der Waals surface area contributed by atoms with E-state index in [1.165, 1.54) is 36.6 Å². The molecule has 1 aromatic heterocycles.